The van der Waals surface area contributed by atoms with Gasteiger partial charge in [0.05, 0.1) is 5.75 Å². The molecule has 23 heavy (non-hydrogen) atoms. The molecule has 0 spiro atoms. The van der Waals surface area contributed by atoms with Crippen molar-refractivity contribution in [3.63, 3.8) is 0 Å². The Bertz CT molecular complexity index is 706. The van der Waals surface area contributed by atoms with Gasteiger partial charge in [0, 0.05) is 32.4 Å². The smallest absolute Gasteiger partial charge is 0.289 e. The van der Waals surface area contributed by atoms with Gasteiger partial charge in [-0.25, -0.2) is 0 Å². The van der Waals surface area contributed by atoms with Crippen LogP contribution in [0.5, 0.6) is 0 Å². The normalized spacial score (nSPS) is 19.5. The van der Waals surface area contributed by atoms with E-state index in [0.29, 0.717) is 25.9 Å². The molecule has 2 aliphatic rings. The van der Waals surface area contributed by atoms with Crippen molar-refractivity contribution in [2.75, 3.05) is 18.8 Å². The minimum absolute atomic E-state index is 0.146. The van der Waals surface area contributed by atoms with E-state index in [1.54, 1.807) is 24.2 Å². The highest BCUT2D eigenvalue weighted by Crippen LogP contribution is 2.26. The summed E-state index contributed by atoms with van der Waals surface area (Å²) in [5, 5.41) is -0.197. The minimum Gasteiger partial charge on any atom is -0.338 e. The molecule has 0 N–H and O–H groups in total. The van der Waals surface area contributed by atoms with Crippen molar-refractivity contribution in [2.24, 2.45) is 7.05 Å². The second-order valence-corrected chi connectivity index (χ2v) is 6.61. The zero-order chi connectivity index (χ0) is 16.6. The van der Waals surface area contributed by atoms with Crippen LogP contribution in [0.15, 0.2) is 23.1 Å². The van der Waals surface area contributed by atoms with Crippen LogP contribution in [0.4, 0.5) is 4.79 Å². The maximum Gasteiger partial charge on any atom is 0.289 e. The fourth-order valence-corrected chi connectivity index (χ4v) is 3.75. The zero-order valence-corrected chi connectivity index (χ0v) is 13.5. The molecule has 3 rings (SSSR count). The van der Waals surface area contributed by atoms with Crippen molar-refractivity contribution < 1.29 is 14.4 Å². The lowest BCUT2D eigenvalue weighted by molar-refractivity contribution is -0.126. The topological polar surface area (TPSA) is 79.7 Å². The summed E-state index contributed by atoms with van der Waals surface area (Å²) in [5.41, 5.74) is -0.168. The van der Waals surface area contributed by atoms with E-state index in [1.807, 2.05) is 0 Å². The Kier molecular flexibility index (Phi) is 4.25. The summed E-state index contributed by atoms with van der Waals surface area (Å²) in [6.07, 6.45) is 2.71. The van der Waals surface area contributed by atoms with Gasteiger partial charge in [-0.3, -0.25) is 24.1 Å². The number of aromatic nitrogens is 1. The van der Waals surface area contributed by atoms with Crippen LogP contribution in [-0.2, 0) is 11.8 Å². The summed E-state index contributed by atoms with van der Waals surface area (Å²) >= 11 is 1.03. The number of imide groups is 1. The predicted octanol–water partition coefficient (Wildman–Crippen LogP) is 0.685. The summed E-state index contributed by atoms with van der Waals surface area (Å²) in [6.45, 7) is 0.868. The lowest BCUT2D eigenvalue weighted by Crippen LogP contribution is -2.49. The highest BCUT2D eigenvalue weighted by atomic mass is 32.2. The van der Waals surface area contributed by atoms with Gasteiger partial charge in [-0.1, -0.05) is 11.8 Å². The number of amides is 3. The summed E-state index contributed by atoms with van der Waals surface area (Å²) in [6, 6.07) is 3.05. The third-order valence-corrected chi connectivity index (χ3v) is 5.09. The van der Waals surface area contributed by atoms with Crippen LogP contribution in [-0.4, -0.2) is 56.3 Å². The maximum atomic E-state index is 12.5. The van der Waals surface area contributed by atoms with Crippen molar-refractivity contribution in [1.82, 2.24) is 14.4 Å². The molecule has 7 nitrogen and oxygen atoms in total. The van der Waals surface area contributed by atoms with E-state index >= 15 is 0 Å². The number of carbonyl (C=O) groups is 3. The van der Waals surface area contributed by atoms with Crippen molar-refractivity contribution in [3.05, 3.63) is 34.2 Å². The molecule has 2 saturated heterocycles. The molecular formula is C15H17N3O4S. The van der Waals surface area contributed by atoms with Gasteiger partial charge < -0.3 is 9.47 Å². The molecule has 0 aromatic carbocycles. The van der Waals surface area contributed by atoms with Crippen LogP contribution in [0.3, 0.4) is 0 Å². The van der Waals surface area contributed by atoms with Crippen LogP contribution < -0.4 is 5.56 Å². The van der Waals surface area contributed by atoms with Crippen LogP contribution in [0.1, 0.15) is 23.2 Å². The second kappa shape index (κ2) is 6.19. The van der Waals surface area contributed by atoms with E-state index in [-0.39, 0.29) is 40.0 Å². The molecule has 1 aromatic rings. The van der Waals surface area contributed by atoms with Gasteiger partial charge in [-0.15, -0.1) is 0 Å². The predicted molar refractivity (Wildman–Crippen MR) is 85.3 cm³/mol. The number of pyridine rings is 1. The Morgan fingerprint density at radius 3 is 2.52 bits per heavy atom. The quantitative estimate of drug-likeness (QED) is 0.794. The van der Waals surface area contributed by atoms with Crippen molar-refractivity contribution in [2.45, 2.75) is 18.9 Å². The van der Waals surface area contributed by atoms with E-state index in [0.717, 1.165) is 11.8 Å². The van der Waals surface area contributed by atoms with Gasteiger partial charge in [-0.05, 0) is 25.0 Å². The molecule has 0 aliphatic carbocycles. The lowest BCUT2D eigenvalue weighted by Gasteiger charge is -2.35. The van der Waals surface area contributed by atoms with Gasteiger partial charge in [0.2, 0.25) is 5.91 Å². The summed E-state index contributed by atoms with van der Waals surface area (Å²) in [5.74, 6) is -0.238. The molecular weight excluding hydrogens is 318 g/mol. The van der Waals surface area contributed by atoms with Gasteiger partial charge in [-0.2, -0.15) is 0 Å². The molecule has 8 heteroatoms. The number of piperidine rings is 1. The number of likely N-dealkylation sites (tertiary alicyclic amines) is 1. The van der Waals surface area contributed by atoms with E-state index in [2.05, 4.69) is 0 Å². The van der Waals surface area contributed by atoms with E-state index < -0.39 is 0 Å². The van der Waals surface area contributed by atoms with Crippen molar-refractivity contribution >= 4 is 28.8 Å². The largest absolute Gasteiger partial charge is 0.338 e. The Balaban J connectivity index is 1.68. The van der Waals surface area contributed by atoms with E-state index in [4.69, 9.17) is 0 Å². The van der Waals surface area contributed by atoms with Crippen LogP contribution in [0.2, 0.25) is 0 Å². The maximum absolute atomic E-state index is 12.5. The van der Waals surface area contributed by atoms with Crippen LogP contribution in [0.25, 0.3) is 0 Å². The lowest BCUT2D eigenvalue weighted by atomic mass is 10.0. The first-order valence-electron chi connectivity index (χ1n) is 7.43. The monoisotopic (exact) mass is 335 g/mol. The Hall–Kier alpha value is -2.09. The number of nitrogens with zero attached hydrogens (tertiary/aromatic N) is 3. The number of aryl methyl sites for hydroxylation is 1. The molecule has 0 atom stereocenters. The molecule has 3 amide bonds. The first-order chi connectivity index (χ1) is 11.0. The first-order valence-corrected chi connectivity index (χ1v) is 8.41. The van der Waals surface area contributed by atoms with Gasteiger partial charge >= 0.3 is 0 Å². The fourth-order valence-electron chi connectivity index (χ4n) is 2.97. The summed E-state index contributed by atoms with van der Waals surface area (Å²) < 4.78 is 1.37. The molecule has 122 valence electrons. The highest BCUT2D eigenvalue weighted by molar-refractivity contribution is 8.14. The summed E-state index contributed by atoms with van der Waals surface area (Å²) in [4.78, 5) is 51.0. The minimum atomic E-state index is -0.319. The Morgan fingerprint density at radius 2 is 1.91 bits per heavy atom. The molecule has 0 bridgehead atoms. The zero-order valence-electron chi connectivity index (χ0n) is 12.7. The third kappa shape index (κ3) is 2.90. The number of hydrogen-bond donors (Lipinski definition) is 0. The SMILES string of the molecule is Cn1cccc(C(=O)N2CCC(N3C(=O)CSC3=O)CC2)c1=O. The Morgan fingerprint density at radius 1 is 1.22 bits per heavy atom. The van der Waals surface area contributed by atoms with Gasteiger partial charge in [0.15, 0.2) is 0 Å². The van der Waals surface area contributed by atoms with Gasteiger partial charge in [0.1, 0.15) is 5.56 Å². The Labute approximate surface area is 137 Å². The number of rotatable bonds is 2. The van der Waals surface area contributed by atoms with E-state index in [9.17, 15) is 19.2 Å². The molecule has 0 saturated carbocycles. The average Bonchev–Trinajstić information content (AvgIpc) is 2.88. The second-order valence-electron chi connectivity index (χ2n) is 5.68. The van der Waals surface area contributed by atoms with E-state index in [1.165, 1.54) is 15.5 Å². The highest BCUT2D eigenvalue weighted by Gasteiger charge is 2.38. The fraction of sp³-hybridized carbons (Fsp3) is 0.467. The summed E-state index contributed by atoms with van der Waals surface area (Å²) in [7, 11) is 1.60. The van der Waals surface area contributed by atoms with Crippen LogP contribution >= 0.6 is 11.8 Å². The average molecular weight is 335 g/mol. The third-order valence-electron chi connectivity index (χ3n) is 4.26. The van der Waals surface area contributed by atoms with Gasteiger partial charge in [0.25, 0.3) is 16.7 Å². The number of carbonyl (C=O) groups excluding carboxylic acids is 3. The molecule has 3 heterocycles. The van der Waals surface area contributed by atoms with Crippen molar-refractivity contribution in [1.29, 1.82) is 0 Å². The standard InChI is InChI=1S/C15H17N3O4S/c1-16-6-2-3-11(13(16)20)14(21)17-7-4-10(5-8-17)18-12(19)9-23-15(18)22/h2-3,6,10H,4-5,7-9H2,1H3. The molecule has 0 unspecified atom stereocenters. The van der Waals surface area contributed by atoms with Crippen molar-refractivity contribution in [3.8, 4) is 0 Å². The molecule has 2 aliphatic heterocycles. The molecule has 0 radical (unpaired) electrons. The van der Waals surface area contributed by atoms with Crippen LogP contribution in [0, 0.1) is 0 Å². The number of hydrogen-bond acceptors (Lipinski definition) is 5. The number of thioether (sulfide) groups is 1. The molecule has 2 fully saturated rings. The molecule has 1 aromatic heterocycles. The first kappa shape index (κ1) is 15.8.